The van der Waals surface area contributed by atoms with E-state index in [0.29, 0.717) is 6.54 Å². The lowest BCUT2D eigenvalue weighted by atomic mass is 10.7. The van der Waals surface area contributed by atoms with E-state index in [2.05, 4.69) is 4.74 Å². The Morgan fingerprint density at radius 1 is 1.86 bits per heavy atom. The van der Waals surface area contributed by atoms with E-state index in [4.69, 9.17) is 0 Å². The first kappa shape index (κ1) is 6.43. The number of quaternary nitrogens is 1. The molecule has 0 rings (SSSR count). The molecule has 0 spiro atoms. The van der Waals surface area contributed by atoms with Crippen molar-refractivity contribution in [1.82, 2.24) is 0 Å². The van der Waals surface area contributed by atoms with Crippen LogP contribution < -0.4 is 5.32 Å². The van der Waals surface area contributed by atoms with Gasteiger partial charge >= 0.3 is 5.97 Å². The predicted molar refractivity (Wildman–Crippen MR) is 24.7 cm³/mol. The molecule has 0 aliphatic carbocycles. The number of esters is 1. The molecule has 0 amide bonds. The summed E-state index contributed by atoms with van der Waals surface area (Å²) in [6.07, 6.45) is 0. The Morgan fingerprint density at radius 2 is 2.43 bits per heavy atom. The Hall–Kier alpha value is -0.570. The molecule has 7 heavy (non-hydrogen) atoms. The average molecular weight is 104 g/mol. The number of rotatable bonds is 2. The minimum Gasteiger partial charge on any atom is -0.465 e. The number of likely N-dealkylation sites (N-methyl/N-ethyl adjacent to an activating group) is 1. The zero-order valence-corrected chi connectivity index (χ0v) is 4.60. The Bertz CT molecular complexity index is 62.7. The third-order valence-corrected chi connectivity index (χ3v) is 0.598. The van der Waals surface area contributed by atoms with Gasteiger partial charge < -0.3 is 10.1 Å². The van der Waals surface area contributed by atoms with Crippen molar-refractivity contribution in [3.8, 4) is 0 Å². The number of carbonyl (C=O) groups excluding carboxylic acids is 1. The number of hydrogen-bond donors (Lipinski definition) is 1. The first-order valence-corrected chi connectivity index (χ1v) is 2.16. The Morgan fingerprint density at radius 3 is 2.57 bits per heavy atom. The summed E-state index contributed by atoms with van der Waals surface area (Å²) in [5, 5.41) is 1.76. The van der Waals surface area contributed by atoms with Crippen LogP contribution in [0.2, 0.25) is 0 Å². The van der Waals surface area contributed by atoms with Gasteiger partial charge in [-0.15, -0.1) is 0 Å². The van der Waals surface area contributed by atoms with Gasteiger partial charge in [-0.25, -0.2) is 4.79 Å². The van der Waals surface area contributed by atoms with Crippen LogP contribution in [0.1, 0.15) is 0 Å². The second-order valence-electron chi connectivity index (χ2n) is 1.19. The van der Waals surface area contributed by atoms with E-state index in [-0.39, 0.29) is 5.97 Å². The minimum atomic E-state index is -0.178. The molecule has 0 aromatic carbocycles. The molecule has 0 radical (unpaired) electrons. The van der Waals surface area contributed by atoms with Crippen LogP contribution in [-0.4, -0.2) is 26.7 Å². The molecule has 0 heterocycles. The Labute approximate surface area is 42.7 Å². The van der Waals surface area contributed by atoms with Crippen LogP contribution in [0.3, 0.4) is 0 Å². The summed E-state index contributed by atoms with van der Waals surface area (Å²) in [7, 11) is 3.20. The third kappa shape index (κ3) is 3.26. The van der Waals surface area contributed by atoms with Gasteiger partial charge in [0, 0.05) is 0 Å². The van der Waals surface area contributed by atoms with Gasteiger partial charge in [-0.1, -0.05) is 0 Å². The van der Waals surface area contributed by atoms with Crippen molar-refractivity contribution in [3.63, 3.8) is 0 Å². The first-order chi connectivity index (χ1) is 3.31. The van der Waals surface area contributed by atoms with Crippen molar-refractivity contribution >= 4 is 5.97 Å². The summed E-state index contributed by atoms with van der Waals surface area (Å²) >= 11 is 0. The largest absolute Gasteiger partial charge is 0.465 e. The Kier molecular flexibility index (Phi) is 3.32. The molecule has 0 aliphatic rings. The fourth-order valence-electron chi connectivity index (χ4n) is 0.250. The van der Waals surface area contributed by atoms with Crippen LogP contribution in [0.4, 0.5) is 0 Å². The highest BCUT2D eigenvalue weighted by Crippen LogP contribution is 1.60. The van der Waals surface area contributed by atoms with Crippen molar-refractivity contribution in [2.75, 3.05) is 20.7 Å². The van der Waals surface area contributed by atoms with E-state index in [1.54, 1.807) is 5.32 Å². The second kappa shape index (κ2) is 3.61. The number of nitrogens with two attached hydrogens (primary N) is 1. The molecule has 0 saturated heterocycles. The molecule has 2 N–H and O–H groups in total. The first-order valence-electron chi connectivity index (χ1n) is 2.16. The van der Waals surface area contributed by atoms with E-state index in [9.17, 15) is 4.79 Å². The Balaban J connectivity index is 3.00. The van der Waals surface area contributed by atoms with Crippen LogP contribution >= 0.6 is 0 Å². The molecule has 0 aromatic rings. The van der Waals surface area contributed by atoms with Crippen molar-refractivity contribution in [3.05, 3.63) is 0 Å². The summed E-state index contributed by atoms with van der Waals surface area (Å²) in [4.78, 5) is 10.2. The second-order valence-corrected chi connectivity index (χ2v) is 1.19. The molecule has 0 atom stereocenters. The molecular formula is C4H10NO2+. The number of hydrogen-bond acceptors (Lipinski definition) is 2. The quantitative estimate of drug-likeness (QED) is 0.427. The van der Waals surface area contributed by atoms with Crippen LogP contribution in [0, 0.1) is 0 Å². The van der Waals surface area contributed by atoms with Gasteiger partial charge in [-0.05, 0) is 0 Å². The van der Waals surface area contributed by atoms with Crippen LogP contribution in [0.15, 0.2) is 0 Å². The maximum absolute atomic E-state index is 10.2. The SMILES string of the molecule is C[NH2+]CC(=O)OC. The maximum Gasteiger partial charge on any atom is 0.361 e. The molecule has 3 heteroatoms. The van der Waals surface area contributed by atoms with Crippen LogP contribution in [-0.2, 0) is 9.53 Å². The van der Waals surface area contributed by atoms with E-state index in [1.165, 1.54) is 7.11 Å². The average Bonchev–Trinajstić information content (AvgIpc) is 1.68. The van der Waals surface area contributed by atoms with Gasteiger partial charge in [0.2, 0.25) is 0 Å². The number of methoxy groups -OCH3 is 1. The van der Waals surface area contributed by atoms with E-state index in [0.717, 1.165) is 0 Å². The standard InChI is InChI=1S/C4H9NO2/c1-5-3-4(6)7-2/h5H,3H2,1-2H3/p+1. The van der Waals surface area contributed by atoms with Crippen molar-refractivity contribution in [2.24, 2.45) is 0 Å². The number of ether oxygens (including phenoxy) is 1. The summed E-state index contributed by atoms with van der Waals surface area (Å²) in [5.41, 5.74) is 0. The highest BCUT2D eigenvalue weighted by molar-refractivity contribution is 5.69. The van der Waals surface area contributed by atoms with Gasteiger partial charge in [0.15, 0.2) is 6.54 Å². The maximum atomic E-state index is 10.2. The molecule has 0 saturated carbocycles. The highest BCUT2D eigenvalue weighted by Gasteiger charge is 1.95. The van der Waals surface area contributed by atoms with Crippen LogP contribution in [0.25, 0.3) is 0 Å². The molecule has 42 valence electrons. The number of carbonyl (C=O) groups is 1. The van der Waals surface area contributed by atoms with E-state index in [1.807, 2.05) is 7.05 Å². The van der Waals surface area contributed by atoms with Crippen molar-refractivity contribution < 1.29 is 14.8 Å². The molecule has 0 aliphatic heterocycles. The lowest BCUT2D eigenvalue weighted by molar-refractivity contribution is -0.617. The van der Waals surface area contributed by atoms with Crippen LogP contribution in [0.5, 0.6) is 0 Å². The smallest absolute Gasteiger partial charge is 0.361 e. The van der Waals surface area contributed by atoms with E-state index < -0.39 is 0 Å². The normalized spacial score (nSPS) is 8.29. The van der Waals surface area contributed by atoms with Crippen molar-refractivity contribution in [2.45, 2.75) is 0 Å². The molecule has 0 bridgehead atoms. The summed E-state index contributed by atoms with van der Waals surface area (Å²) < 4.78 is 4.32. The highest BCUT2D eigenvalue weighted by atomic mass is 16.5. The van der Waals surface area contributed by atoms with Gasteiger partial charge in [-0.2, -0.15) is 0 Å². The van der Waals surface area contributed by atoms with Gasteiger partial charge in [0.1, 0.15) is 0 Å². The molecule has 0 unspecified atom stereocenters. The molecule has 0 fully saturated rings. The lowest BCUT2D eigenvalue weighted by Crippen LogP contribution is -2.81. The predicted octanol–water partition coefficient (Wildman–Crippen LogP) is -1.65. The minimum absolute atomic E-state index is 0.178. The van der Waals surface area contributed by atoms with Gasteiger partial charge in [0.05, 0.1) is 14.2 Å². The lowest BCUT2D eigenvalue weighted by Gasteiger charge is -1.90. The monoisotopic (exact) mass is 104 g/mol. The summed E-state index contributed by atoms with van der Waals surface area (Å²) in [6.45, 7) is 0.413. The van der Waals surface area contributed by atoms with Crippen molar-refractivity contribution in [1.29, 1.82) is 0 Å². The zero-order chi connectivity index (χ0) is 5.70. The zero-order valence-electron chi connectivity index (χ0n) is 4.60. The fourth-order valence-corrected chi connectivity index (χ4v) is 0.250. The molecule has 3 nitrogen and oxygen atoms in total. The molecular weight excluding hydrogens is 94.0 g/mol. The summed E-state index contributed by atoms with van der Waals surface area (Å²) in [6, 6.07) is 0. The topological polar surface area (TPSA) is 42.9 Å². The fraction of sp³-hybridized carbons (Fsp3) is 0.750. The third-order valence-electron chi connectivity index (χ3n) is 0.598. The van der Waals surface area contributed by atoms with E-state index >= 15 is 0 Å². The van der Waals surface area contributed by atoms with Gasteiger partial charge in [0.25, 0.3) is 0 Å². The molecule has 0 aromatic heterocycles. The summed E-state index contributed by atoms with van der Waals surface area (Å²) in [5.74, 6) is -0.178. The van der Waals surface area contributed by atoms with Gasteiger partial charge in [-0.3, -0.25) is 0 Å².